The van der Waals surface area contributed by atoms with E-state index in [1.807, 2.05) is 48.5 Å². The smallest absolute Gasteiger partial charge is 0.240 e. The normalized spacial score (nSPS) is 10.9. The van der Waals surface area contributed by atoms with Crippen LogP contribution >= 0.6 is 0 Å². The van der Waals surface area contributed by atoms with Crippen LogP contribution in [-0.2, 0) is 11.4 Å². The van der Waals surface area contributed by atoms with Gasteiger partial charge >= 0.3 is 0 Å². The summed E-state index contributed by atoms with van der Waals surface area (Å²) in [6.45, 7) is 2.69. The van der Waals surface area contributed by atoms with Gasteiger partial charge in [-0.05, 0) is 35.7 Å². The average Bonchev–Trinajstić information content (AvgIpc) is 2.78. The van der Waals surface area contributed by atoms with Crippen molar-refractivity contribution < 1.29 is 14.3 Å². The molecule has 30 heavy (non-hydrogen) atoms. The first-order valence-corrected chi connectivity index (χ1v) is 10.9. The molecule has 2 aromatic rings. The molecule has 0 heterocycles. The number of hydrogen-bond donors (Lipinski definition) is 1. The molecule has 0 aliphatic carbocycles. The van der Waals surface area contributed by atoms with E-state index in [9.17, 15) is 4.79 Å². The van der Waals surface area contributed by atoms with Gasteiger partial charge in [0, 0.05) is 6.42 Å². The van der Waals surface area contributed by atoms with Gasteiger partial charge in [-0.3, -0.25) is 4.79 Å². The molecule has 0 atom stereocenters. The van der Waals surface area contributed by atoms with Crippen LogP contribution in [0.15, 0.2) is 53.6 Å². The Balaban J connectivity index is 1.73. The minimum absolute atomic E-state index is 0.0467. The van der Waals surface area contributed by atoms with Gasteiger partial charge in [-0.1, -0.05) is 75.8 Å². The molecule has 0 fully saturated rings. The Kier molecular flexibility index (Phi) is 11.1. The van der Waals surface area contributed by atoms with Crippen LogP contribution in [0.3, 0.4) is 0 Å². The fourth-order valence-electron chi connectivity index (χ4n) is 3.10. The van der Waals surface area contributed by atoms with Crippen molar-refractivity contribution in [1.29, 1.82) is 0 Å². The molecule has 0 aromatic heterocycles. The molecule has 0 radical (unpaired) electrons. The van der Waals surface area contributed by atoms with Gasteiger partial charge in [0.15, 0.2) is 11.5 Å². The minimum atomic E-state index is -0.0467. The second-order valence-electron chi connectivity index (χ2n) is 7.35. The molecular weight excluding hydrogens is 376 g/mol. The number of hydrogen-bond acceptors (Lipinski definition) is 4. The van der Waals surface area contributed by atoms with Crippen LogP contribution in [-0.4, -0.2) is 19.2 Å². The number of nitrogens with one attached hydrogen (secondary N) is 1. The third-order valence-corrected chi connectivity index (χ3v) is 4.84. The number of rotatable bonds is 14. The Morgan fingerprint density at radius 2 is 1.70 bits per heavy atom. The number of nitrogens with zero attached hydrogens (tertiary/aromatic N) is 1. The standard InChI is InChI=1S/C25H34N2O3/c1-3-4-5-6-7-8-12-15-25(28)27-26-19-22-16-17-23(24(18-22)29-2)30-20-21-13-10-9-11-14-21/h9-11,13-14,16-19H,3-8,12,15,20H2,1-2H3,(H,27,28)/b26-19-. The lowest BCUT2D eigenvalue weighted by Crippen LogP contribution is -2.16. The Bertz CT molecular complexity index is 775. The molecule has 0 saturated carbocycles. The first-order chi connectivity index (χ1) is 14.7. The summed E-state index contributed by atoms with van der Waals surface area (Å²) in [5.41, 5.74) is 4.52. The van der Waals surface area contributed by atoms with E-state index in [0.717, 1.165) is 24.0 Å². The van der Waals surface area contributed by atoms with Crippen LogP contribution in [0.1, 0.15) is 69.4 Å². The second-order valence-corrected chi connectivity index (χ2v) is 7.35. The van der Waals surface area contributed by atoms with E-state index in [4.69, 9.17) is 9.47 Å². The van der Waals surface area contributed by atoms with E-state index < -0.39 is 0 Å². The van der Waals surface area contributed by atoms with Gasteiger partial charge in [-0.15, -0.1) is 0 Å². The zero-order valence-electron chi connectivity index (χ0n) is 18.2. The predicted octanol–water partition coefficient (Wildman–Crippen LogP) is 5.87. The maximum atomic E-state index is 11.9. The summed E-state index contributed by atoms with van der Waals surface area (Å²) in [4.78, 5) is 11.9. The maximum absolute atomic E-state index is 11.9. The van der Waals surface area contributed by atoms with Crippen molar-refractivity contribution in [1.82, 2.24) is 5.43 Å². The molecule has 0 spiro atoms. The van der Waals surface area contributed by atoms with Gasteiger partial charge < -0.3 is 9.47 Å². The largest absolute Gasteiger partial charge is 0.493 e. The number of benzene rings is 2. The summed E-state index contributed by atoms with van der Waals surface area (Å²) in [6.07, 6.45) is 10.5. The summed E-state index contributed by atoms with van der Waals surface area (Å²) in [5, 5.41) is 4.06. The number of methoxy groups -OCH3 is 1. The number of ether oxygens (including phenoxy) is 2. The third-order valence-electron chi connectivity index (χ3n) is 4.84. The fourth-order valence-corrected chi connectivity index (χ4v) is 3.10. The molecular formula is C25H34N2O3. The number of amides is 1. The monoisotopic (exact) mass is 410 g/mol. The molecule has 1 N–H and O–H groups in total. The lowest BCUT2D eigenvalue weighted by atomic mass is 10.1. The van der Waals surface area contributed by atoms with Crippen molar-refractivity contribution >= 4 is 12.1 Å². The predicted molar refractivity (Wildman–Crippen MR) is 122 cm³/mol. The molecule has 0 saturated heterocycles. The molecule has 0 unspecified atom stereocenters. The Hall–Kier alpha value is -2.82. The zero-order valence-corrected chi connectivity index (χ0v) is 18.2. The summed E-state index contributed by atoms with van der Waals surface area (Å²) < 4.78 is 11.3. The summed E-state index contributed by atoms with van der Waals surface area (Å²) in [5.74, 6) is 1.25. The molecule has 1 amide bonds. The number of hydrazone groups is 1. The summed E-state index contributed by atoms with van der Waals surface area (Å²) in [7, 11) is 1.61. The lowest BCUT2D eigenvalue weighted by Gasteiger charge is -2.11. The second kappa shape index (κ2) is 14.2. The van der Waals surface area contributed by atoms with E-state index in [0.29, 0.717) is 24.5 Å². The highest BCUT2D eigenvalue weighted by Gasteiger charge is 2.06. The molecule has 0 bridgehead atoms. The SMILES string of the molecule is CCCCCCCCCC(=O)N/N=C\c1ccc(OCc2ccccc2)c(OC)c1. The van der Waals surface area contributed by atoms with Gasteiger partial charge in [-0.25, -0.2) is 5.43 Å². The fraction of sp³-hybridized carbons (Fsp3) is 0.440. The van der Waals surface area contributed by atoms with Gasteiger partial charge in [0.25, 0.3) is 0 Å². The van der Waals surface area contributed by atoms with Gasteiger partial charge in [-0.2, -0.15) is 5.10 Å². The molecule has 2 aromatic carbocycles. The quantitative estimate of drug-likeness (QED) is 0.241. The van der Waals surface area contributed by atoms with Crippen LogP contribution in [0, 0.1) is 0 Å². The topological polar surface area (TPSA) is 59.9 Å². The van der Waals surface area contributed by atoms with Crippen LogP contribution in [0.4, 0.5) is 0 Å². The lowest BCUT2D eigenvalue weighted by molar-refractivity contribution is -0.121. The van der Waals surface area contributed by atoms with Crippen molar-refractivity contribution in [2.24, 2.45) is 5.10 Å². The molecule has 5 heteroatoms. The van der Waals surface area contributed by atoms with E-state index >= 15 is 0 Å². The Morgan fingerprint density at radius 1 is 0.967 bits per heavy atom. The van der Waals surface area contributed by atoms with Gasteiger partial charge in [0.1, 0.15) is 6.61 Å². The van der Waals surface area contributed by atoms with Crippen molar-refractivity contribution in [3.63, 3.8) is 0 Å². The van der Waals surface area contributed by atoms with E-state index in [-0.39, 0.29) is 5.91 Å². The minimum Gasteiger partial charge on any atom is -0.493 e. The van der Waals surface area contributed by atoms with E-state index in [1.54, 1.807) is 13.3 Å². The van der Waals surface area contributed by atoms with Gasteiger partial charge in [0.2, 0.25) is 5.91 Å². The highest BCUT2D eigenvalue weighted by atomic mass is 16.5. The van der Waals surface area contributed by atoms with Crippen molar-refractivity contribution in [3.8, 4) is 11.5 Å². The highest BCUT2D eigenvalue weighted by molar-refractivity contribution is 5.83. The Labute approximate surface area is 180 Å². The molecule has 5 nitrogen and oxygen atoms in total. The third kappa shape index (κ3) is 9.12. The number of carbonyl (C=O) groups is 1. The molecule has 2 rings (SSSR count). The summed E-state index contributed by atoms with van der Waals surface area (Å²) >= 11 is 0. The van der Waals surface area contributed by atoms with Crippen molar-refractivity contribution in [3.05, 3.63) is 59.7 Å². The number of carbonyl (C=O) groups excluding carboxylic acids is 1. The molecule has 0 aliphatic rings. The van der Waals surface area contributed by atoms with Crippen LogP contribution < -0.4 is 14.9 Å². The Morgan fingerprint density at radius 3 is 2.43 bits per heavy atom. The zero-order chi connectivity index (χ0) is 21.4. The summed E-state index contributed by atoms with van der Waals surface area (Å²) in [6, 6.07) is 15.6. The van der Waals surface area contributed by atoms with Crippen molar-refractivity contribution in [2.45, 2.75) is 64.9 Å². The van der Waals surface area contributed by atoms with Crippen LogP contribution in [0.2, 0.25) is 0 Å². The van der Waals surface area contributed by atoms with Crippen LogP contribution in [0.5, 0.6) is 11.5 Å². The molecule has 0 aliphatic heterocycles. The highest BCUT2D eigenvalue weighted by Crippen LogP contribution is 2.28. The van der Waals surface area contributed by atoms with Gasteiger partial charge in [0.05, 0.1) is 13.3 Å². The maximum Gasteiger partial charge on any atom is 0.240 e. The van der Waals surface area contributed by atoms with E-state index in [1.165, 1.54) is 32.1 Å². The first-order valence-electron chi connectivity index (χ1n) is 10.9. The van der Waals surface area contributed by atoms with Crippen LogP contribution in [0.25, 0.3) is 0 Å². The first kappa shape index (κ1) is 23.5. The molecule has 162 valence electrons. The number of unbranched alkanes of at least 4 members (excludes halogenated alkanes) is 6. The van der Waals surface area contributed by atoms with E-state index in [2.05, 4.69) is 17.5 Å². The average molecular weight is 411 g/mol. The van der Waals surface area contributed by atoms with Crippen molar-refractivity contribution in [2.75, 3.05) is 7.11 Å².